The lowest BCUT2D eigenvalue weighted by molar-refractivity contribution is -0.132. The monoisotopic (exact) mass is 372 g/mol. The van der Waals surface area contributed by atoms with Gasteiger partial charge < -0.3 is 10.2 Å². The minimum absolute atomic E-state index is 0.00423. The van der Waals surface area contributed by atoms with E-state index in [-0.39, 0.29) is 24.8 Å². The number of rotatable bonds is 7. The summed E-state index contributed by atoms with van der Waals surface area (Å²) >= 11 is 0. The van der Waals surface area contributed by atoms with Crippen LogP contribution in [0.25, 0.3) is 11.1 Å². The number of likely N-dealkylation sites (N-methyl/N-ethyl adjacent to an activating group) is 1. The Morgan fingerprint density at radius 2 is 1.32 bits per heavy atom. The van der Waals surface area contributed by atoms with Crippen molar-refractivity contribution in [2.24, 2.45) is 0 Å². The van der Waals surface area contributed by atoms with Crippen LogP contribution >= 0.6 is 0 Å². The first-order valence-corrected chi connectivity index (χ1v) is 9.31. The van der Waals surface area contributed by atoms with Gasteiger partial charge in [0.25, 0.3) is 0 Å². The number of hydrogen-bond acceptors (Lipinski definition) is 2. The third kappa shape index (κ3) is 5.55. The van der Waals surface area contributed by atoms with E-state index in [0.29, 0.717) is 6.54 Å². The average Bonchev–Trinajstić information content (AvgIpc) is 2.74. The van der Waals surface area contributed by atoms with Crippen LogP contribution in [0, 0.1) is 0 Å². The smallest absolute Gasteiger partial charge is 0.242 e. The Kier molecular flexibility index (Phi) is 6.58. The third-order valence-corrected chi connectivity index (χ3v) is 4.55. The van der Waals surface area contributed by atoms with Crippen LogP contribution in [0.15, 0.2) is 84.9 Å². The zero-order valence-electron chi connectivity index (χ0n) is 16.0. The number of nitrogens with one attached hydrogen (secondary N) is 1. The van der Waals surface area contributed by atoms with Crippen molar-refractivity contribution < 1.29 is 9.59 Å². The van der Waals surface area contributed by atoms with E-state index in [4.69, 9.17) is 0 Å². The van der Waals surface area contributed by atoms with Gasteiger partial charge in [-0.2, -0.15) is 0 Å². The number of carbonyl (C=O) groups excluding carboxylic acids is 2. The lowest BCUT2D eigenvalue weighted by atomic mass is 10.0. The molecule has 0 bridgehead atoms. The van der Waals surface area contributed by atoms with Crippen molar-refractivity contribution in [3.05, 3.63) is 96.1 Å². The van der Waals surface area contributed by atoms with Gasteiger partial charge in [0, 0.05) is 13.6 Å². The zero-order chi connectivity index (χ0) is 19.8. The zero-order valence-corrected chi connectivity index (χ0v) is 16.0. The minimum Gasteiger partial charge on any atom is -0.347 e. The van der Waals surface area contributed by atoms with Crippen molar-refractivity contribution in [3.63, 3.8) is 0 Å². The predicted octanol–water partition coefficient (Wildman–Crippen LogP) is 3.67. The number of nitrogens with zero attached hydrogens (tertiary/aromatic N) is 1. The van der Waals surface area contributed by atoms with Crippen molar-refractivity contribution in [1.29, 1.82) is 0 Å². The number of amides is 2. The standard InChI is InChI=1S/C24H24N2O2/c1-26(24(28)17-25-23(27)16-19-8-4-2-5-9-19)18-20-12-14-22(15-13-20)21-10-6-3-7-11-21/h2-15H,16-18H2,1H3,(H,25,27). The Morgan fingerprint density at radius 3 is 1.96 bits per heavy atom. The van der Waals surface area contributed by atoms with Crippen LogP contribution in [-0.4, -0.2) is 30.3 Å². The quantitative estimate of drug-likeness (QED) is 0.688. The molecule has 28 heavy (non-hydrogen) atoms. The Labute approximate surface area is 165 Å². The molecule has 0 radical (unpaired) electrons. The molecule has 0 atom stereocenters. The van der Waals surface area contributed by atoms with E-state index in [9.17, 15) is 9.59 Å². The van der Waals surface area contributed by atoms with Gasteiger partial charge in [-0.05, 0) is 22.3 Å². The molecule has 4 heteroatoms. The van der Waals surface area contributed by atoms with E-state index >= 15 is 0 Å². The molecule has 0 spiro atoms. The molecule has 0 saturated heterocycles. The van der Waals surface area contributed by atoms with Crippen molar-refractivity contribution in [3.8, 4) is 11.1 Å². The lowest BCUT2D eigenvalue weighted by Gasteiger charge is -2.18. The van der Waals surface area contributed by atoms with Gasteiger partial charge in [-0.15, -0.1) is 0 Å². The molecule has 0 aliphatic rings. The molecular weight excluding hydrogens is 348 g/mol. The molecule has 1 N–H and O–H groups in total. The fourth-order valence-corrected chi connectivity index (χ4v) is 2.95. The van der Waals surface area contributed by atoms with E-state index in [1.165, 1.54) is 5.56 Å². The van der Waals surface area contributed by atoms with Gasteiger partial charge in [0.15, 0.2) is 0 Å². The van der Waals surface area contributed by atoms with E-state index < -0.39 is 0 Å². The Bertz CT molecular complexity index is 906. The van der Waals surface area contributed by atoms with Crippen molar-refractivity contribution >= 4 is 11.8 Å². The van der Waals surface area contributed by atoms with Crippen LogP contribution < -0.4 is 5.32 Å². The first-order valence-electron chi connectivity index (χ1n) is 9.31. The number of carbonyl (C=O) groups is 2. The lowest BCUT2D eigenvalue weighted by Crippen LogP contribution is -2.38. The molecule has 3 aromatic rings. The van der Waals surface area contributed by atoms with Gasteiger partial charge in [0.2, 0.25) is 11.8 Å². The summed E-state index contributed by atoms with van der Waals surface area (Å²) in [5.41, 5.74) is 4.29. The Morgan fingerprint density at radius 1 is 0.750 bits per heavy atom. The summed E-state index contributed by atoms with van der Waals surface area (Å²) in [6.07, 6.45) is 0.277. The molecule has 142 valence electrons. The van der Waals surface area contributed by atoms with Gasteiger partial charge in [-0.1, -0.05) is 84.9 Å². The average molecular weight is 372 g/mol. The second-order valence-corrected chi connectivity index (χ2v) is 6.75. The predicted molar refractivity (Wildman–Crippen MR) is 112 cm³/mol. The fourth-order valence-electron chi connectivity index (χ4n) is 2.95. The molecule has 0 fully saturated rings. The maximum atomic E-state index is 12.3. The van der Waals surface area contributed by atoms with E-state index in [1.807, 2.05) is 60.7 Å². The highest BCUT2D eigenvalue weighted by atomic mass is 16.2. The highest BCUT2D eigenvalue weighted by Crippen LogP contribution is 2.19. The van der Waals surface area contributed by atoms with Crippen LogP contribution in [0.2, 0.25) is 0 Å². The van der Waals surface area contributed by atoms with Crippen LogP contribution in [0.4, 0.5) is 0 Å². The molecule has 0 saturated carbocycles. The first kappa shape index (κ1) is 19.4. The summed E-state index contributed by atoms with van der Waals surface area (Å²) in [5, 5.41) is 2.70. The highest BCUT2D eigenvalue weighted by Gasteiger charge is 2.11. The van der Waals surface area contributed by atoms with Gasteiger partial charge in [-0.25, -0.2) is 0 Å². The largest absolute Gasteiger partial charge is 0.347 e. The molecule has 0 unspecified atom stereocenters. The van der Waals surface area contributed by atoms with Crippen molar-refractivity contribution in [2.45, 2.75) is 13.0 Å². The molecule has 0 aromatic heterocycles. The van der Waals surface area contributed by atoms with Crippen molar-refractivity contribution in [2.75, 3.05) is 13.6 Å². The van der Waals surface area contributed by atoms with Gasteiger partial charge >= 0.3 is 0 Å². The van der Waals surface area contributed by atoms with E-state index in [2.05, 4.69) is 29.6 Å². The second-order valence-electron chi connectivity index (χ2n) is 6.75. The van der Waals surface area contributed by atoms with E-state index in [0.717, 1.165) is 16.7 Å². The third-order valence-electron chi connectivity index (χ3n) is 4.55. The first-order chi connectivity index (χ1) is 13.6. The van der Waals surface area contributed by atoms with Gasteiger partial charge in [0.1, 0.15) is 0 Å². The Balaban J connectivity index is 1.48. The molecular formula is C24H24N2O2. The number of hydrogen-bond donors (Lipinski definition) is 1. The van der Waals surface area contributed by atoms with Crippen molar-refractivity contribution in [1.82, 2.24) is 10.2 Å². The Hall–Kier alpha value is -3.40. The van der Waals surface area contributed by atoms with Crippen LogP contribution in [-0.2, 0) is 22.6 Å². The van der Waals surface area contributed by atoms with Crippen LogP contribution in [0.3, 0.4) is 0 Å². The van der Waals surface area contributed by atoms with Crippen LogP contribution in [0.1, 0.15) is 11.1 Å². The summed E-state index contributed by atoms with van der Waals surface area (Å²) < 4.78 is 0. The molecule has 3 rings (SSSR count). The fraction of sp³-hybridized carbons (Fsp3) is 0.167. The topological polar surface area (TPSA) is 49.4 Å². The molecule has 3 aromatic carbocycles. The van der Waals surface area contributed by atoms with E-state index in [1.54, 1.807) is 11.9 Å². The maximum absolute atomic E-state index is 12.3. The maximum Gasteiger partial charge on any atom is 0.242 e. The van der Waals surface area contributed by atoms with Gasteiger partial charge in [-0.3, -0.25) is 9.59 Å². The summed E-state index contributed by atoms with van der Waals surface area (Å²) in [6, 6.07) is 27.8. The normalized spacial score (nSPS) is 10.3. The summed E-state index contributed by atoms with van der Waals surface area (Å²) in [4.78, 5) is 25.9. The molecule has 0 heterocycles. The molecule has 0 aliphatic carbocycles. The molecule has 0 aliphatic heterocycles. The summed E-state index contributed by atoms with van der Waals surface area (Å²) in [5.74, 6) is -0.270. The molecule has 2 amide bonds. The summed E-state index contributed by atoms with van der Waals surface area (Å²) in [6.45, 7) is 0.507. The second kappa shape index (κ2) is 9.51. The minimum atomic E-state index is -0.153. The van der Waals surface area contributed by atoms with Crippen LogP contribution in [0.5, 0.6) is 0 Å². The SMILES string of the molecule is CN(Cc1ccc(-c2ccccc2)cc1)C(=O)CNC(=O)Cc1ccccc1. The highest BCUT2D eigenvalue weighted by molar-refractivity contribution is 5.85. The number of benzene rings is 3. The summed E-state index contributed by atoms with van der Waals surface area (Å²) in [7, 11) is 1.75. The van der Waals surface area contributed by atoms with Gasteiger partial charge in [0.05, 0.1) is 13.0 Å². The molecule has 4 nitrogen and oxygen atoms in total.